The Bertz CT molecular complexity index is 993. The summed E-state index contributed by atoms with van der Waals surface area (Å²) in [4.78, 5) is 26.7. The first kappa shape index (κ1) is 25.0. The average Bonchev–Trinajstić information content (AvgIpc) is 3.21. The zero-order valence-corrected chi connectivity index (χ0v) is 21.9. The standard InChI is InChI=1S/C27H41N7O2/c1-21-23(19-28-24(29-21)33-15-13-32(14-16-33)17-18-35)34-20-26(30-25(34)36)9-11-27(12-10-26,31(2)3)22-7-5-4-6-8-22/h4-8,19,21,35H,9-18,20H2,1-3H3,(H,28,29)(H,30,36)/t21?,26-,27+. The Morgan fingerprint density at radius 3 is 2.39 bits per heavy atom. The summed E-state index contributed by atoms with van der Waals surface area (Å²) in [5.74, 6) is 0.875. The van der Waals surface area contributed by atoms with E-state index in [2.05, 4.69) is 76.7 Å². The molecule has 1 saturated carbocycles. The van der Waals surface area contributed by atoms with Crippen LogP contribution in [0, 0.1) is 0 Å². The van der Waals surface area contributed by atoms with Crippen LogP contribution in [0.4, 0.5) is 4.79 Å². The molecule has 0 bridgehead atoms. The van der Waals surface area contributed by atoms with Crippen molar-refractivity contribution in [3.05, 3.63) is 47.8 Å². The Morgan fingerprint density at radius 1 is 1.08 bits per heavy atom. The molecular formula is C27H41N7O2. The minimum Gasteiger partial charge on any atom is -0.395 e. The first-order valence-electron chi connectivity index (χ1n) is 13.3. The van der Waals surface area contributed by atoms with Gasteiger partial charge in [-0.05, 0) is 52.3 Å². The number of guanidine groups is 1. The summed E-state index contributed by atoms with van der Waals surface area (Å²) in [5, 5.41) is 16.1. The summed E-state index contributed by atoms with van der Waals surface area (Å²) in [7, 11) is 4.35. The third kappa shape index (κ3) is 4.60. The van der Waals surface area contributed by atoms with Crippen molar-refractivity contribution in [2.75, 3.05) is 60.0 Å². The molecule has 196 valence electrons. The zero-order valence-electron chi connectivity index (χ0n) is 21.9. The molecule has 4 aliphatic rings. The third-order valence-electron chi connectivity index (χ3n) is 8.79. The lowest BCUT2D eigenvalue weighted by Crippen LogP contribution is -2.56. The normalized spacial score (nSPS) is 31.4. The largest absolute Gasteiger partial charge is 0.395 e. The first-order valence-corrected chi connectivity index (χ1v) is 13.3. The average molecular weight is 496 g/mol. The molecular weight excluding hydrogens is 454 g/mol. The number of urea groups is 1. The van der Waals surface area contributed by atoms with Crippen LogP contribution < -0.4 is 10.6 Å². The number of aliphatic imine (C=N–C) groups is 1. The molecule has 9 nitrogen and oxygen atoms in total. The predicted molar refractivity (Wildman–Crippen MR) is 141 cm³/mol. The number of β-amino-alcohol motifs (C(OH)–C–C–N with tert-alkyl or cyclic N) is 1. The Kier molecular flexibility index (Phi) is 6.98. The Morgan fingerprint density at radius 2 is 1.78 bits per heavy atom. The van der Waals surface area contributed by atoms with Gasteiger partial charge >= 0.3 is 6.03 Å². The molecule has 3 N–H and O–H groups in total. The molecule has 5 rings (SSSR count). The highest BCUT2D eigenvalue weighted by molar-refractivity contribution is 5.84. The maximum atomic E-state index is 13.2. The fourth-order valence-electron chi connectivity index (χ4n) is 6.43. The van der Waals surface area contributed by atoms with E-state index in [1.54, 1.807) is 0 Å². The molecule has 1 aliphatic carbocycles. The number of nitrogens with one attached hydrogen (secondary N) is 2. The van der Waals surface area contributed by atoms with Gasteiger partial charge in [0, 0.05) is 38.3 Å². The van der Waals surface area contributed by atoms with Gasteiger partial charge in [-0.15, -0.1) is 0 Å². The lowest BCUT2D eigenvalue weighted by atomic mass is 9.69. The molecule has 1 aromatic carbocycles. The number of benzene rings is 1. The van der Waals surface area contributed by atoms with Crippen LogP contribution in [0.25, 0.3) is 0 Å². The number of amides is 2. The highest BCUT2D eigenvalue weighted by Gasteiger charge is 2.51. The van der Waals surface area contributed by atoms with Crippen molar-refractivity contribution in [1.82, 2.24) is 30.2 Å². The zero-order chi connectivity index (χ0) is 25.3. The number of aliphatic hydroxyl groups excluding tert-OH is 1. The van der Waals surface area contributed by atoms with E-state index < -0.39 is 0 Å². The van der Waals surface area contributed by atoms with Gasteiger partial charge in [0.2, 0.25) is 0 Å². The second-order valence-electron chi connectivity index (χ2n) is 11.0. The Labute approximate surface area is 214 Å². The van der Waals surface area contributed by atoms with Crippen LogP contribution >= 0.6 is 0 Å². The molecule has 2 amide bonds. The number of piperazine rings is 1. The third-order valence-corrected chi connectivity index (χ3v) is 8.79. The predicted octanol–water partition coefficient (Wildman–Crippen LogP) is 1.58. The van der Waals surface area contributed by atoms with Crippen molar-refractivity contribution in [3.8, 4) is 0 Å². The van der Waals surface area contributed by atoms with Gasteiger partial charge in [0.25, 0.3) is 0 Å². The SMILES string of the molecule is CC1NC(N2CCN(CCO)CC2)=NC=C1N1C[C@]2(CC[C@](c3ccccc3)(N(C)C)CC2)NC1=O. The molecule has 3 aliphatic heterocycles. The Balaban J connectivity index is 1.26. The molecule has 1 spiro atoms. The smallest absolute Gasteiger partial charge is 0.322 e. The first-order chi connectivity index (χ1) is 17.4. The van der Waals surface area contributed by atoms with Gasteiger partial charge in [-0.25, -0.2) is 9.79 Å². The van der Waals surface area contributed by atoms with Crippen LogP contribution in [0.5, 0.6) is 0 Å². The minimum absolute atomic E-state index is 0.00245. The van der Waals surface area contributed by atoms with Crippen LogP contribution in [-0.2, 0) is 5.54 Å². The molecule has 9 heteroatoms. The summed E-state index contributed by atoms with van der Waals surface area (Å²) in [5.41, 5.74) is 2.10. The summed E-state index contributed by atoms with van der Waals surface area (Å²) in [6.45, 7) is 7.31. The van der Waals surface area contributed by atoms with Crippen molar-refractivity contribution in [1.29, 1.82) is 0 Å². The van der Waals surface area contributed by atoms with E-state index in [4.69, 9.17) is 4.99 Å². The number of carbonyl (C=O) groups excluding carboxylic acids is 1. The van der Waals surface area contributed by atoms with Gasteiger partial charge in [0.05, 0.1) is 36.6 Å². The number of aliphatic hydroxyl groups is 1. The van der Waals surface area contributed by atoms with E-state index in [0.29, 0.717) is 6.54 Å². The molecule has 3 fully saturated rings. The van der Waals surface area contributed by atoms with E-state index in [1.807, 2.05) is 11.1 Å². The van der Waals surface area contributed by atoms with Crippen molar-refractivity contribution in [3.63, 3.8) is 0 Å². The number of hydrogen-bond acceptors (Lipinski definition) is 7. The molecule has 1 unspecified atom stereocenters. The van der Waals surface area contributed by atoms with E-state index in [0.717, 1.165) is 70.1 Å². The Hall–Kier alpha value is -2.62. The number of nitrogens with zero attached hydrogens (tertiary/aromatic N) is 5. The second-order valence-corrected chi connectivity index (χ2v) is 11.0. The van der Waals surface area contributed by atoms with E-state index in [-0.39, 0.29) is 29.8 Å². The van der Waals surface area contributed by atoms with E-state index in [1.165, 1.54) is 5.56 Å². The van der Waals surface area contributed by atoms with Crippen LogP contribution in [0.1, 0.15) is 38.2 Å². The van der Waals surface area contributed by atoms with E-state index in [9.17, 15) is 9.90 Å². The molecule has 36 heavy (non-hydrogen) atoms. The maximum Gasteiger partial charge on any atom is 0.322 e. The van der Waals surface area contributed by atoms with Crippen LogP contribution in [-0.4, -0.2) is 108 Å². The van der Waals surface area contributed by atoms with Crippen molar-refractivity contribution in [2.24, 2.45) is 4.99 Å². The van der Waals surface area contributed by atoms with Crippen LogP contribution in [0.2, 0.25) is 0 Å². The topological polar surface area (TPSA) is 86.7 Å². The van der Waals surface area contributed by atoms with Crippen LogP contribution in [0.3, 0.4) is 0 Å². The number of rotatable bonds is 5. The van der Waals surface area contributed by atoms with E-state index >= 15 is 0 Å². The fraction of sp³-hybridized carbons (Fsp3) is 0.630. The van der Waals surface area contributed by atoms with Crippen molar-refractivity contribution < 1.29 is 9.90 Å². The number of hydrogen-bond donors (Lipinski definition) is 3. The molecule has 2 saturated heterocycles. The quantitative estimate of drug-likeness (QED) is 0.575. The van der Waals surface area contributed by atoms with Gasteiger partial charge in [-0.3, -0.25) is 14.7 Å². The van der Waals surface area contributed by atoms with Gasteiger partial charge in [0.15, 0.2) is 5.96 Å². The lowest BCUT2D eigenvalue weighted by Gasteiger charge is -2.48. The van der Waals surface area contributed by atoms with Crippen molar-refractivity contribution >= 4 is 12.0 Å². The highest BCUT2D eigenvalue weighted by atomic mass is 16.3. The summed E-state index contributed by atoms with van der Waals surface area (Å²) < 4.78 is 0. The van der Waals surface area contributed by atoms with Gasteiger partial charge in [0.1, 0.15) is 0 Å². The van der Waals surface area contributed by atoms with Gasteiger partial charge < -0.3 is 20.6 Å². The lowest BCUT2D eigenvalue weighted by molar-refractivity contribution is 0.0627. The maximum absolute atomic E-state index is 13.2. The molecule has 1 aromatic rings. The van der Waals surface area contributed by atoms with Crippen LogP contribution in [0.15, 0.2) is 47.2 Å². The second kappa shape index (κ2) is 10.0. The van der Waals surface area contributed by atoms with Crippen molar-refractivity contribution in [2.45, 2.75) is 49.7 Å². The summed E-state index contributed by atoms with van der Waals surface area (Å²) in [6.07, 6.45) is 5.80. The van der Waals surface area contributed by atoms with Gasteiger partial charge in [-0.2, -0.15) is 0 Å². The number of carbonyl (C=O) groups is 1. The van der Waals surface area contributed by atoms with Gasteiger partial charge in [-0.1, -0.05) is 30.3 Å². The highest BCUT2D eigenvalue weighted by Crippen LogP contribution is 2.46. The molecule has 0 aromatic heterocycles. The molecule has 3 heterocycles. The molecule has 0 radical (unpaired) electrons. The summed E-state index contributed by atoms with van der Waals surface area (Å²) >= 11 is 0. The monoisotopic (exact) mass is 495 g/mol. The fourth-order valence-corrected chi connectivity index (χ4v) is 6.43. The summed E-state index contributed by atoms with van der Waals surface area (Å²) in [6, 6.07) is 10.8. The molecule has 1 atom stereocenters. The minimum atomic E-state index is -0.195.